The number of hydrogen-bond acceptors (Lipinski definition) is 1. The molecule has 0 saturated heterocycles. The molecule has 0 atom stereocenters. The summed E-state index contributed by atoms with van der Waals surface area (Å²) in [6.45, 7) is 0. The quantitative estimate of drug-likeness (QED) is 0.555. The Morgan fingerprint density at radius 3 is 2.56 bits per heavy atom. The second-order valence-corrected chi connectivity index (χ2v) is 2.08. The average Bonchev–Trinajstić information content (AvgIpc) is 1.80. The van der Waals surface area contributed by atoms with Gasteiger partial charge in [0.1, 0.15) is 5.82 Å². The number of halogens is 2. The molecule has 0 aliphatic heterocycles. The van der Waals surface area contributed by atoms with Gasteiger partial charge >= 0.3 is 0 Å². The van der Waals surface area contributed by atoms with Crippen molar-refractivity contribution in [2.75, 3.05) is 5.73 Å². The highest BCUT2D eigenvalue weighted by molar-refractivity contribution is 6.30. The van der Waals surface area contributed by atoms with E-state index in [0.717, 1.165) is 0 Å². The number of nitrogen functional groups attached to an aromatic ring is 1. The molecular weight excluding hydrogens is 140 g/mol. The van der Waals surface area contributed by atoms with Crippen molar-refractivity contribution in [3.8, 4) is 0 Å². The van der Waals surface area contributed by atoms with E-state index in [1.807, 2.05) is 0 Å². The molecule has 0 fully saturated rings. The van der Waals surface area contributed by atoms with Gasteiger partial charge in [0, 0.05) is 5.69 Å². The fraction of sp³-hybridized carbons (Fsp3) is 0. The molecule has 0 heterocycles. The van der Waals surface area contributed by atoms with Crippen molar-refractivity contribution in [3.05, 3.63) is 29.0 Å². The van der Waals surface area contributed by atoms with Gasteiger partial charge in [0.25, 0.3) is 0 Å². The molecule has 0 unspecified atom stereocenters. The van der Waals surface area contributed by atoms with E-state index in [4.69, 9.17) is 17.3 Å². The van der Waals surface area contributed by atoms with Gasteiger partial charge in [-0.05, 0) is 18.2 Å². The molecular formula is C6H5ClFN. The zero-order valence-electron chi connectivity index (χ0n) is 4.57. The van der Waals surface area contributed by atoms with E-state index in [2.05, 4.69) is 0 Å². The highest BCUT2D eigenvalue weighted by Gasteiger charge is 1.95. The van der Waals surface area contributed by atoms with Crippen LogP contribution in [-0.2, 0) is 0 Å². The van der Waals surface area contributed by atoms with Crippen molar-refractivity contribution in [3.63, 3.8) is 0 Å². The van der Waals surface area contributed by atoms with Gasteiger partial charge in [-0.1, -0.05) is 11.6 Å². The van der Waals surface area contributed by atoms with Crippen molar-refractivity contribution in [1.82, 2.24) is 0 Å². The molecule has 1 aromatic carbocycles. The van der Waals surface area contributed by atoms with Crippen LogP contribution in [0.4, 0.5) is 10.1 Å². The van der Waals surface area contributed by atoms with Gasteiger partial charge in [-0.25, -0.2) is 4.39 Å². The minimum absolute atomic E-state index is 0.0648. The third kappa shape index (κ3) is 1.33. The first kappa shape index (κ1) is 6.36. The largest absolute Gasteiger partial charge is 0.399 e. The fourth-order valence-corrected chi connectivity index (χ4v) is 0.701. The van der Waals surface area contributed by atoms with E-state index in [0.29, 0.717) is 5.69 Å². The van der Waals surface area contributed by atoms with Crippen LogP contribution >= 0.6 is 11.6 Å². The van der Waals surface area contributed by atoms with E-state index in [1.165, 1.54) is 18.2 Å². The summed E-state index contributed by atoms with van der Waals surface area (Å²) in [7, 11) is 0. The van der Waals surface area contributed by atoms with Crippen molar-refractivity contribution >= 4 is 17.3 Å². The van der Waals surface area contributed by atoms with Crippen LogP contribution in [0.3, 0.4) is 0 Å². The molecule has 0 aromatic heterocycles. The molecule has 1 rings (SSSR count). The van der Waals surface area contributed by atoms with Gasteiger partial charge in [0.05, 0.1) is 5.02 Å². The lowest BCUT2D eigenvalue weighted by Gasteiger charge is -1.93. The summed E-state index contributed by atoms with van der Waals surface area (Å²) in [5, 5.41) is 0.0648. The summed E-state index contributed by atoms with van der Waals surface area (Å²) >= 11 is 5.36. The molecule has 0 amide bonds. The van der Waals surface area contributed by atoms with Crippen molar-refractivity contribution < 1.29 is 4.39 Å². The Balaban J connectivity index is 3.17. The standard InChI is InChI=1S/C6H5ClFN/c7-5-3-4(9)1-2-6(5)8/h1-3H,9H2/i8-1. The molecule has 1 nitrogen and oxygen atoms in total. The molecule has 1 aromatic rings. The average molecular weight is 145 g/mol. The summed E-state index contributed by atoms with van der Waals surface area (Å²) in [6.07, 6.45) is 0. The molecule has 3 heteroatoms. The Hall–Kier alpha value is -0.760. The predicted octanol–water partition coefficient (Wildman–Crippen LogP) is 2.06. The van der Waals surface area contributed by atoms with Crippen LogP contribution in [0.1, 0.15) is 0 Å². The first-order valence-electron chi connectivity index (χ1n) is 2.40. The molecule has 0 saturated carbocycles. The minimum Gasteiger partial charge on any atom is -0.399 e. The highest BCUT2D eigenvalue weighted by atomic mass is 35.5. The maximum absolute atomic E-state index is 12.3. The lowest BCUT2D eigenvalue weighted by molar-refractivity contribution is 0.628. The first-order valence-corrected chi connectivity index (χ1v) is 2.78. The smallest absolute Gasteiger partial charge is 0.141 e. The van der Waals surface area contributed by atoms with Gasteiger partial charge in [-0.15, -0.1) is 0 Å². The second kappa shape index (κ2) is 2.23. The van der Waals surface area contributed by atoms with Gasteiger partial charge in [0.2, 0.25) is 0 Å². The summed E-state index contributed by atoms with van der Waals surface area (Å²) in [5.41, 5.74) is 5.75. The van der Waals surface area contributed by atoms with Crippen LogP contribution in [0.15, 0.2) is 18.2 Å². The van der Waals surface area contributed by atoms with Crippen LogP contribution < -0.4 is 5.73 Å². The summed E-state index contributed by atoms with van der Waals surface area (Å²) in [6, 6.07) is 4.07. The van der Waals surface area contributed by atoms with E-state index in [-0.39, 0.29) is 5.02 Å². The Labute approximate surface area is 57.2 Å². The van der Waals surface area contributed by atoms with Crippen LogP contribution in [0.25, 0.3) is 0 Å². The summed E-state index contributed by atoms with van der Waals surface area (Å²) in [5.74, 6) is -0.439. The Morgan fingerprint density at radius 1 is 1.44 bits per heavy atom. The van der Waals surface area contributed by atoms with E-state index in [1.54, 1.807) is 0 Å². The van der Waals surface area contributed by atoms with E-state index >= 15 is 0 Å². The number of nitrogens with two attached hydrogens (primary N) is 1. The van der Waals surface area contributed by atoms with Gasteiger partial charge in [-0.2, -0.15) is 0 Å². The Kier molecular flexibility index (Phi) is 1.58. The lowest BCUT2D eigenvalue weighted by Crippen LogP contribution is -1.84. The zero-order valence-corrected chi connectivity index (χ0v) is 5.32. The molecule has 0 radical (unpaired) electrons. The van der Waals surface area contributed by atoms with Crippen molar-refractivity contribution in [1.29, 1.82) is 0 Å². The SMILES string of the molecule is Nc1ccc([18F])c(Cl)c1. The van der Waals surface area contributed by atoms with Crippen LogP contribution in [0, 0.1) is 5.82 Å². The molecule has 0 spiro atoms. The normalized spacial score (nSPS) is 9.56. The fourth-order valence-electron chi connectivity index (χ4n) is 0.512. The molecule has 0 aliphatic carbocycles. The van der Waals surface area contributed by atoms with Crippen molar-refractivity contribution in [2.24, 2.45) is 0 Å². The zero-order chi connectivity index (χ0) is 6.85. The number of hydrogen-bond donors (Lipinski definition) is 1. The maximum atomic E-state index is 12.3. The topological polar surface area (TPSA) is 26.0 Å². The third-order valence-corrected chi connectivity index (χ3v) is 1.23. The minimum atomic E-state index is -0.439. The van der Waals surface area contributed by atoms with Crippen LogP contribution in [-0.4, -0.2) is 0 Å². The second-order valence-electron chi connectivity index (χ2n) is 1.67. The van der Waals surface area contributed by atoms with Gasteiger partial charge in [-0.3, -0.25) is 0 Å². The summed E-state index contributed by atoms with van der Waals surface area (Å²) < 4.78 is 12.3. The Morgan fingerprint density at radius 2 is 2.11 bits per heavy atom. The predicted molar refractivity (Wildman–Crippen MR) is 35.8 cm³/mol. The Bertz CT molecular complexity index is 224. The van der Waals surface area contributed by atoms with Crippen LogP contribution in [0.2, 0.25) is 5.02 Å². The molecule has 0 bridgehead atoms. The lowest BCUT2D eigenvalue weighted by atomic mass is 10.3. The highest BCUT2D eigenvalue weighted by Crippen LogP contribution is 2.16. The maximum Gasteiger partial charge on any atom is 0.141 e. The van der Waals surface area contributed by atoms with Gasteiger partial charge < -0.3 is 5.73 Å². The number of rotatable bonds is 0. The van der Waals surface area contributed by atoms with Crippen molar-refractivity contribution in [2.45, 2.75) is 0 Å². The molecule has 2 N–H and O–H groups in total. The molecule has 9 heavy (non-hydrogen) atoms. The van der Waals surface area contributed by atoms with Crippen LogP contribution in [0.5, 0.6) is 0 Å². The van der Waals surface area contributed by atoms with Gasteiger partial charge in [0.15, 0.2) is 0 Å². The number of anilines is 1. The van der Waals surface area contributed by atoms with E-state index in [9.17, 15) is 4.39 Å². The van der Waals surface area contributed by atoms with E-state index < -0.39 is 5.82 Å². The first-order chi connectivity index (χ1) is 4.20. The molecule has 48 valence electrons. The molecule has 0 aliphatic rings. The summed E-state index contributed by atoms with van der Waals surface area (Å²) in [4.78, 5) is 0. The monoisotopic (exact) mass is 144 g/mol. The third-order valence-electron chi connectivity index (χ3n) is 0.944. The number of benzene rings is 1.